The Morgan fingerprint density at radius 3 is 2.56 bits per heavy atom. The van der Waals surface area contributed by atoms with Crippen molar-refractivity contribution in [1.29, 1.82) is 0 Å². The molecule has 0 unspecified atom stereocenters. The van der Waals surface area contributed by atoms with E-state index < -0.39 is 6.61 Å². The Hall–Kier alpha value is -1.65. The second kappa shape index (κ2) is 11.8. The summed E-state index contributed by atoms with van der Waals surface area (Å²) in [4.78, 5) is 17.4. The van der Waals surface area contributed by atoms with E-state index in [4.69, 9.17) is 0 Å². The Kier molecular flexibility index (Phi) is 11.0. The molecule has 0 atom stereocenters. The number of benzene rings is 1. The smallest absolute Gasteiger partial charge is 0.387 e. The molecule has 0 bridgehead atoms. The van der Waals surface area contributed by atoms with Gasteiger partial charge < -0.3 is 20.3 Å². The topological polar surface area (TPSA) is 66.0 Å². The molecule has 1 aromatic rings. The molecule has 142 valence electrons. The van der Waals surface area contributed by atoms with Gasteiger partial charge in [-0.2, -0.15) is 8.78 Å². The number of guanidine groups is 1. The third-order valence-corrected chi connectivity index (χ3v) is 3.09. The Balaban J connectivity index is 0.00000576. The summed E-state index contributed by atoms with van der Waals surface area (Å²) in [5.74, 6) is 0.426. The maximum absolute atomic E-state index is 12.5. The molecule has 6 nitrogen and oxygen atoms in total. The van der Waals surface area contributed by atoms with Gasteiger partial charge in [0.1, 0.15) is 5.75 Å². The molecule has 0 aromatic heterocycles. The van der Waals surface area contributed by atoms with Gasteiger partial charge in [-0.15, -0.1) is 24.0 Å². The number of aliphatic imine (C=N–C) groups is 1. The molecule has 0 fully saturated rings. The first kappa shape index (κ1) is 23.4. The van der Waals surface area contributed by atoms with Crippen LogP contribution in [0.4, 0.5) is 8.78 Å². The highest BCUT2D eigenvalue weighted by Gasteiger charge is 2.10. The maximum Gasteiger partial charge on any atom is 0.387 e. The molecule has 0 aliphatic heterocycles. The van der Waals surface area contributed by atoms with Crippen molar-refractivity contribution in [2.75, 3.05) is 27.2 Å². The lowest BCUT2D eigenvalue weighted by Crippen LogP contribution is -2.42. The van der Waals surface area contributed by atoms with Crippen molar-refractivity contribution >= 4 is 35.8 Å². The van der Waals surface area contributed by atoms with Crippen LogP contribution >= 0.6 is 24.0 Å². The number of ether oxygens (including phenoxy) is 1. The monoisotopic (exact) mass is 470 g/mol. The van der Waals surface area contributed by atoms with E-state index in [1.807, 2.05) is 13.8 Å². The number of carbonyl (C=O) groups excluding carboxylic acids is 1. The van der Waals surface area contributed by atoms with Crippen LogP contribution in [-0.4, -0.2) is 50.6 Å². The van der Waals surface area contributed by atoms with Crippen LogP contribution in [0.3, 0.4) is 0 Å². The minimum Gasteiger partial charge on any atom is -0.434 e. The number of amides is 1. The van der Waals surface area contributed by atoms with Gasteiger partial charge in [-0.1, -0.05) is 17.7 Å². The molecule has 0 aliphatic rings. The van der Waals surface area contributed by atoms with Gasteiger partial charge in [0, 0.05) is 26.2 Å². The normalized spacial score (nSPS) is 10.9. The molecule has 2 N–H and O–H groups in total. The molecule has 1 amide bonds. The van der Waals surface area contributed by atoms with Crippen molar-refractivity contribution in [3.63, 3.8) is 0 Å². The number of halogens is 3. The van der Waals surface area contributed by atoms with Crippen molar-refractivity contribution in [1.82, 2.24) is 15.5 Å². The van der Waals surface area contributed by atoms with Crippen LogP contribution in [0.1, 0.15) is 18.1 Å². The van der Waals surface area contributed by atoms with Crippen LogP contribution in [0.5, 0.6) is 5.75 Å². The fourth-order valence-electron chi connectivity index (χ4n) is 1.87. The van der Waals surface area contributed by atoms with E-state index in [0.717, 1.165) is 5.56 Å². The summed E-state index contributed by atoms with van der Waals surface area (Å²) in [6.07, 6.45) is 0. The number of alkyl halides is 2. The zero-order valence-electron chi connectivity index (χ0n) is 14.8. The fraction of sp³-hybridized carbons (Fsp3) is 0.500. The van der Waals surface area contributed by atoms with E-state index in [9.17, 15) is 13.6 Å². The SMILES string of the molecule is CCNC(=NCc1cc(C)ccc1OC(F)F)NCC(=O)N(C)C.I. The molecule has 0 saturated heterocycles. The summed E-state index contributed by atoms with van der Waals surface area (Å²) in [5.41, 5.74) is 1.47. The van der Waals surface area contributed by atoms with E-state index >= 15 is 0 Å². The lowest BCUT2D eigenvalue weighted by molar-refractivity contribution is -0.127. The largest absolute Gasteiger partial charge is 0.434 e. The Bertz CT molecular complexity index is 583. The van der Waals surface area contributed by atoms with Crippen LogP contribution in [-0.2, 0) is 11.3 Å². The number of nitrogens with zero attached hydrogens (tertiary/aromatic N) is 2. The average molecular weight is 470 g/mol. The van der Waals surface area contributed by atoms with Gasteiger partial charge in [0.05, 0.1) is 13.1 Å². The number of nitrogens with one attached hydrogen (secondary N) is 2. The van der Waals surface area contributed by atoms with Gasteiger partial charge in [-0.05, 0) is 19.9 Å². The van der Waals surface area contributed by atoms with Crippen LogP contribution in [0.2, 0.25) is 0 Å². The maximum atomic E-state index is 12.5. The van der Waals surface area contributed by atoms with Gasteiger partial charge >= 0.3 is 6.61 Å². The Morgan fingerprint density at radius 2 is 2.00 bits per heavy atom. The Labute approximate surface area is 164 Å². The second-order valence-electron chi connectivity index (χ2n) is 5.33. The molecule has 0 saturated carbocycles. The van der Waals surface area contributed by atoms with E-state index in [1.165, 1.54) is 11.0 Å². The molecule has 0 heterocycles. The first-order valence-electron chi connectivity index (χ1n) is 7.60. The van der Waals surface area contributed by atoms with Crippen LogP contribution < -0.4 is 15.4 Å². The number of rotatable bonds is 7. The fourth-order valence-corrected chi connectivity index (χ4v) is 1.87. The van der Waals surface area contributed by atoms with Crippen LogP contribution in [0.25, 0.3) is 0 Å². The van der Waals surface area contributed by atoms with Crippen LogP contribution in [0, 0.1) is 6.92 Å². The van der Waals surface area contributed by atoms with Crippen molar-refractivity contribution in [2.24, 2.45) is 4.99 Å². The van der Waals surface area contributed by atoms with Crippen molar-refractivity contribution in [2.45, 2.75) is 27.0 Å². The third kappa shape index (κ3) is 8.84. The molecule has 9 heteroatoms. The first-order valence-corrected chi connectivity index (χ1v) is 7.60. The van der Waals surface area contributed by atoms with Crippen molar-refractivity contribution in [3.05, 3.63) is 29.3 Å². The molecule has 0 radical (unpaired) electrons. The highest BCUT2D eigenvalue weighted by Crippen LogP contribution is 2.22. The predicted molar refractivity (Wildman–Crippen MR) is 105 cm³/mol. The average Bonchev–Trinajstić information content (AvgIpc) is 2.51. The van der Waals surface area contributed by atoms with E-state index in [2.05, 4.69) is 20.4 Å². The highest BCUT2D eigenvalue weighted by atomic mass is 127. The minimum atomic E-state index is -2.89. The number of aryl methyl sites for hydroxylation is 1. The lowest BCUT2D eigenvalue weighted by atomic mass is 10.1. The quantitative estimate of drug-likeness (QED) is 0.365. The lowest BCUT2D eigenvalue weighted by Gasteiger charge is -2.15. The molecular formula is C16H25F2IN4O2. The van der Waals surface area contributed by atoms with Gasteiger partial charge in [-0.3, -0.25) is 4.79 Å². The highest BCUT2D eigenvalue weighted by molar-refractivity contribution is 14.0. The zero-order chi connectivity index (χ0) is 18.1. The summed E-state index contributed by atoms with van der Waals surface area (Å²) in [6, 6.07) is 4.95. The summed E-state index contributed by atoms with van der Waals surface area (Å²) < 4.78 is 29.5. The summed E-state index contributed by atoms with van der Waals surface area (Å²) >= 11 is 0. The van der Waals surface area contributed by atoms with Crippen LogP contribution in [0.15, 0.2) is 23.2 Å². The first-order chi connectivity index (χ1) is 11.3. The predicted octanol–water partition coefficient (Wildman–Crippen LogP) is 2.36. The third-order valence-electron chi connectivity index (χ3n) is 3.09. The van der Waals surface area contributed by atoms with Gasteiger partial charge in [0.25, 0.3) is 0 Å². The molecule has 1 aromatic carbocycles. The summed E-state index contributed by atoms with van der Waals surface area (Å²) in [6.45, 7) is 1.71. The standard InChI is InChI=1S/C16H24F2N4O2.HI/c1-5-19-16(21-10-14(23)22(3)4)20-9-12-8-11(2)6-7-13(12)24-15(17)18;/h6-8,15H,5,9-10H2,1-4H3,(H2,19,20,21);1H. The number of hydrogen-bond acceptors (Lipinski definition) is 3. The second-order valence-corrected chi connectivity index (χ2v) is 5.33. The molecule has 25 heavy (non-hydrogen) atoms. The van der Waals surface area contributed by atoms with Crippen molar-refractivity contribution < 1.29 is 18.3 Å². The molecule has 0 spiro atoms. The van der Waals surface area contributed by atoms with Gasteiger partial charge in [0.2, 0.25) is 5.91 Å². The minimum absolute atomic E-state index is 0. The summed E-state index contributed by atoms with van der Waals surface area (Å²) in [7, 11) is 3.32. The molecule has 1 rings (SSSR count). The number of carbonyl (C=O) groups is 1. The van der Waals surface area contributed by atoms with E-state index in [-0.39, 0.29) is 48.7 Å². The molecular weight excluding hydrogens is 445 g/mol. The number of hydrogen-bond donors (Lipinski definition) is 2. The molecule has 0 aliphatic carbocycles. The Morgan fingerprint density at radius 1 is 1.32 bits per heavy atom. The number of likely N-dealkylation sites (N-methyl/N-ethyl adjacent to an activating group) is 1. The zero-order valence-corrected chi connectivity index (χ0v) is 17.1. The van der Waals surface area contributed by atoms with Gasteiger partial charge in [0.15, 0.2) is 5.96 Å². The van der Waals surface area contributed by atoms with E-state index in [1.54, 1.807) is 26.2 Å². The summed E-state index contributed by atoms with van der Waals surface area (Å²) in [5, 5.41) is 5.91. The van der Waals surface area contributed by atoms with Crippen molar-refractivity contribution in [3.8, 4) is 5.75 Å². The van der Waals surface area contributed by atoms with E-state index in [0.29, 0.717) is 18.1 Å². The van der Waals surface area contributed by atoms with Gasteiger partial charge in [-0.25, -0.2) is 4.99 Å².